The summed E-state index contributed by atoms with van der Waals surface area (Å²) in [6.07, 6.45) is 1.36. The van der Waals surface area contributed by atoms with E-state index in [1.807, 2.05) is 30.3 Å². The van der Waals surface area contributed by atoms with Gasteiger partial charge in [0.1, 0.15) is 12.2 Å². The van der Waals surface area contributed by atoms with E-state index in [0.29, 0.717) is 23.7 Å². The second-order valence-corrected chi connectivity index (χ2v) is 7.68. The van der Waals surface area contributed by atoms with Crippen molar-refractivity contribution in [3.05, 3.63) is 95.1 Å². The van der Waals surface area contributed by atoms with E-state index in [4.69, 9.17) is 9.47 Å². The van der Waals surface area contributed by atoms with Crippen LogP contribution < -0.4 is 19.7 Å². The van der Waals surface area contributed by atoms with Crippen molar-refractivity contribution in [2.45, 2.75) is 6.61 Å². The van der Waals surface area contributed by atoms with E-state index in [0.717, 1.165) is 10.5 Å². The number of hydrogen-bond acceptors (Lipinski definition) is 7. The zero-order valence-electron chi connectivity index (χ0n) is 19.5. The van der Waals surface area contributed by atoms with Gasteiger partial charge in [0.2, 0.25) is 0 Å². The van der Waals surface area contributed by atoms with Crippen molar-refractivity contribution in [2.75, 3.05) is 19.1 Å². The lowest BCUT2D eigenvalue weighted by Gasteiger charge is -2.26. The Labute approximate surface area is 206 Å². The van der Waals surface area contributed by atoms with E-state index in [2.05, 4.69) is 10.1 Å². The number of rotatable bonds is 7. The van der Waals surface area contributed by atoms with Crippen LogP contribution in [0.5, 0.6) is 11.5 Å². The number of esters is 1. The minimum atomic E-state index is -0.893. The highest BCUT2D eigenvalue weighted by Gasteiger charge is 2.36. The summed E-state index contributed by atoms with van der Waals surface area (Å²) >= 11 is 0. The van der Waals surface area contributed by atoms with Gasteiger partial charge in [-0.05, 0) is 53.6 Å². The smallest absolute Gasteiger partial charge is 0.337 e. The van der Waals surface area contributed by atoms with Crippen molar-refractivity contribution in [1.82, 2.24) is 5.32 Å². The summed E-state index contributed by atoms with van der Waals surface area (Å²) < 4.78 is 15.9. The van der Waals surface area contributed by atoms with Gasteiger partial charge >= 0.3 is 12.0 Å². The average Bonchev–Trinajstić information content (AvgIpc) is 2.90. The summed E-state index contributed by atoms with van der Waals surface area (Å²) in [6.45, 7) is 0.338. The molecule has 1 heterocycles. The summed E-state index contributed by atoms with van der Waals surface area (Å²) in [4.78, 5) is 50.6. The average molecular weight is 486 g/mol. The summed E-state index contributed by atoms with van der Waals surface area (Å²) in [5.41, 5.74) is 1.67. The molecule has 3 aromatic carbocycles. The Morgan fingerprint density at radius 2 is 1.64 bits per heavy atom. The van der Waals surface area contributed by atoms with Gasteiger partial charge in [-0.1, -0.05) is 36.4 Å². The molecule has 1 fully saturated rings. The van der Waals surface area contributed by atoms with Gasteiger partial charge in [-0.3, -0.25) is 14.9 Å². The van der Waals surface area contributed by atoms with E-state index >= 15 is 0 Å². The van der Waals surface area contributed by atoms with Gasteiger partial charge < -0.3 is 14.2 Å². The van der Waals surface area contributed by atoms with E-state index in [-0.39, 0.29) is 16.8 Å². The number of barbiturate groups is 1. The molecule has 4 rings (SSSR count). The standard InChI is InChI=1S/C27H22N2O7/c1-34-23-15-18(8-13-22(23)36-16-17-6-4-3-5-7-17)14-21-24(30)28-27(33)29(25(21)31)20-11-9-19(10-12-20)26(32)35-2/h3-15H,16H2,1-2H3,(H,28,30,33)/b21-14+. The van der Waals surface area contributed by atoms with Crippen LogP contribution in [0, 0.1) is 0 Å². The molecule has 182 valence electrons. The normalized spacial score (nSPS) is 14.4. The number of benzene rings is 3. The third-order valence-corrected chi connectivity index (χ3v) is 5.38. The fraction of sp³-hybridized carbons (Fsp3) is 0.111. The molecule has 9 heteroatoms. The molecule has 1 saturated heterocycles. The van der Waals surface area contributed by atoms with Crippen LogP contribution in [0.4, 0.5) is 10.5 Å². The molecule has 1 aliphatic rings. The Morgan fingerprint density at radius 1 is 0.917 bits per heavy atom. The molecule has 9 nitrogen and oxygen atoms in total. The molecule has 0 aliphatic carbocycles. The molecule has 0 aromatic heterocycles. The quantitative estimate of drug-likeness (QED) is 0.308. The maximum atomic E-state index is 13.1. The van der Waals surface area contributed by atoms with Gasteiger partial charge in [-0.25, -0.2) is 14.5 Å². The fourth-order valence-corrected chi connectivity index (χ4v) is 3.55. The first kappa shape index (κ1) is 24.2. The predicted molar refractivity (Wildman–Crippen MR) is 131 cm³/mol. The van der Waals surface area contributed by atoms with Crippen molar-refractivity contribution in [2.24, 2.45) is 0 Å². The van der Waals surface area contributed by atoms with Crippen molar-refractivity contribution < 1.29 is 33.4 Å². The number of methoxy groups -OCH3 is 2. The number of carbonyl (C=O) groups is 4. The monoisotopic (exact) mass is 486 g/mol. The number of hydrogen-bond donors (Lipinski definition) is 1. The molecule has 0 atom stereocenters. The first-order valence-electron chi connectivity index (χ1n) is 10.9. The lowest BCUT2D eigenvalue weighted by atomic mass is 10.1. The Balaban J connectivity index is 1.58. The van der Waals surface area contributed by atoms with E-state index in [1.165, 1.54) is 44.6 Å². The van der Waals surface area contributed by atoms with E-state index in [1.54, 1.807) is 18.2 Å². The maximum absolute atomic E-state index is 13.1. The van der Waals surface area contributed by atoms with Crippen molar-refractivity contribution in [3.8, 4) is 11.5 Å². The molecule has 0 unspecified atom stereocenters. The Morgan fingerprint density at radius 3 is 2.31 bits per heavy atom. The second kappa shape index (κ2) is 10.6. The van der Waals surface area contributed by atoms with Crippen molar-refractivity contribution in [3.63, 3.8) is 0 Å². The zero-order valence-corrected chi connectivity index (χ0v) is 19.5. The number of anilines is 1. The summed E-state index contributed by atoms with van der Waals surface area (Å²) in [5.74, 6) is -1.29. The van der Waals surface area contributed by atoms with Gasteiger partial charge in [0.15, 0.2) is 11.5 Å². The molecule has 0 bridgehead atoms. The molecule has 3 aromatic rings. The summed E-state index contributed by atoms with van der Waals surface area (Å²) in [6, 6.07) is 19.4. The summed E-state index contributed by atoms with van der Waals surface area (Å²) in [5, 5.41) is 2.17. The molecule has 0 saturated carbocycles. The third-order valence-electron chi connectivity index (χ3n) is 5.38. The molecule has 4 amide bonds. The van der Waals surface area contributed by atoms with Crippen LogP contribution in [0.15, 0.2) is 78.4 Å². The van der Waals surface area contributed by atoms with Gasteiger partial charge in [-0.15, -0.1) is 0 Å². The van der Waals surface area contributed by atoms with Gasteiger partial charge in [0.25, 0.3) is 11.8 Å². The first-order chi connectivity index (χ1) is 17.4. The van der Waals surface area contributed by atoms with Crippen LogP contribution >= 0.6 is 0 Å². The lowest BCUT2D eigenvalue weighted by molar-refractivity contribution is -0.122. The largest absolute Gasteiger partial charge is 0.493 e. The zero-order chi connectivity index (χ0) is 25.7. The Bertz CT molecular complexity index is 1350. The number of ether oxygens (including phenoxy) is 3. The van der Waals surface area contributed by atoms with Crippen LogP contribution in [-0.4, -0.2) is 38.0 Å². The number of imide groups is 2. The SMILES string of the molecule is COC(=O)c1ccc(N2C(=O)NC(=O)/C(=C\c3ccc(OCc4ccccc4)c(OC)c3)C2=O)cc1. The lowest BCUT2D eigenvalue weighted by Crippen LogP contribution is -2.54. The fourth-order valence-electron chi connectivity index (χ4n) is 3.55. The number of nitrogens with zero attached hydrogens (tertiary/aromatic N) is 1. The minimum Gasteiger partial charge on any atom is -0.493 e. The minimum absolute atomic E-state index is 0.186. The Hall–Kier alpha value is -4.92. The van der Waals surface area contributed by atoms with Crippen molar-refractivity contribution in [1.29, 1.82) is 0 Å². The van der Waals surface area contributed by atoms with Gasteiger partial charge in [0.05, 0.1) is 25.5 Å². The van der Waals surface area contributed by atoms with Crippen LogP contribution in [0.1, 0.15) is 21.5 Å². The van der Waals surface area contributed by atoms with Crippen molar-refractivity contribution >= 4 is 35.6 Å². The topological polar surface area (TPSA) is 111 Å². The molecular weight excluding hydrogens is 464 g/mol. The molecule has 0 radical (unpaired) electrons. The first-order valence-corrected chi connectivity index (χ1v) is 10.9. The number of carbonyl (C=O) groups excluding carboxylic acids is 4. The Kier molecular flexibility index (Phi) is 7.10. The highest BCUT2D eigenvalue weighted by Crippen LogP contribution is 2.30. The van der Waals surface area contributed by atoms with E-state index in [9.17, 15) is 19.2 Å². The van der Waals surface area contributed by atoms with Gasteiger partial charge in [0, 0.05) is 0 Å². The van der Waals surface area contributed by atoms with E-state index < -0.39 is 23.8 Å². The van der Waals surface area contributed by atoms with Crippen LogP contribution in [0.2, 0.25) is 0 Å². The second-order valence-electron chi connectivity index (χ2n) is 7.68. The number of urea groups is 1. The highest BCUT2D eigenvalue weighted by molar-refractivity contribution is 6.39. The van der Waals surface area contributed by atoms with Crippen LogP contribution in [0.3, 0.4) is 0 Å². The third kappa shape index (κ3) is 5.10. The van der Waals surface area contributed by atoms with Crippen LogP contribution in [0.25, 0.3) is 6.08 Å². The molecule has 1 N–H and O–H groups in total. The predicted octanol–water partition coefficient (Wildman–Crippen LogP) is 3.73. The molecule has 1 aliphatic heterocycles. The maximum Gasteiger partial charge on any atom is 0.337 e. The number of amides is 4. The van der Waals surface area contributed by atoms with Crippen LogP contribution in [-0.2, 0) is 20.9 Å². The molecular formula is C27H22N2O7. The molecule has 36 heavy (non-hydrogen) atoms. The summed E-state index contributed by atoms with van der Waals surface area (Å²) in [7, 11) is 2.73. The van der Waals surface area contributed by atoms with Gasteiger partial charge in [-0.2, -0.15) is 0 Å². The highest BCUT2D eigenvalue weighted by atomic mass is 16.5. The number of nitrogens with one attached hydrogen (secondary N) is 1. The molecule has 0 spiro atoms.